The number of nitrogens with two attached hydrogens (primary N) is 1. The second kappa shape index (κ2) is 8.28. The molecule has 188 valence electrons. The number of aromatic nitrogens is 3. The van der Waals surface area contributed by atoms with Crippen LogP contribution in [0.25, 0.3) is 32.2 Å². The van der Waals surface area contributed by atoms with Crippen LogP contribution in [0.4, 0.5) is 19.7 Å². The van der Waals surface area contributed by atoms with Crippen molar-refractivity contribution in [3.8, 4) is 17.3 Å². The molecule has 2 saturated heterocycles. The third kappa shape index (κ3) is 3.19. The van der Waals surface area contributed by atoms with Crippen molar-refractivity contribution in [2.45, 2.75) is 44.6 Å². The molecule has 3 aliphatic heterocycles. The summed E-state index contributed by atoms with van der Waals surface area (Å²) in [5.74, 6) is -0.982. The summed E-state index contributed by atoms with van der Waals surface area (Å²) < 4.78 is 61.0. The van der Waals surface area contributed by atoms with E-state index in [1.165, 1.54) is 0 Å². The van der Waals surface area contributed by atoms with Crippen LogP contribution in [-0.4, -0.2) is 52.0 Å². The average molecular weight is 523 g/mol. The number of pyridine rings is 1. The van der Waals surface area contributed by atoms with E-state index in [2.05, 4.69) is 15.0 Å². The van der Waals surface area contributed by atoms with Crippen LogP contribution in [0.15, 0.2) is 12.4 Å². The fourth-order valence-electron chi connectivity index (χ4n) is 6.11. The van der Waals surface area contributed by atoms with Gasteiger partial charge in [-0.15, -0.1) is 11.3 Å². The van der Waals surface area contributed by atoms with Crippen LogP contribution >= 0.6 is 11.3 Å². The lowest BCUT2D eigenvalue weighted by Crippen LogP contribution is -2.48. The zero-order valence-electron chi connectivity index (χ0n) is 22.6. The second-order valence-corrected chi connectivity index (χ2v) is 10.7. The van der Waals surface area contributed by atoms with Crippen molar-refractivity contribution in [3.05, 3.63) is 40.7 Å². The number of likely N-dealkylation sites (N-methyl/N-ethyl adjacent to an activating group) is 1. The summed E-state index contributed by atoms with van der Waals surface area (Å²) in [7, 11) is 0. The van der Waals surface area contributed by atoms with E-state index in [1.54, 1.807) is 11.1 Å². The normalized spacial score (nSPS) is 23.1. The van der Waals surface area contributed by atoms with E-state index in [0.29, 0.717) is 42.0 Å². The van der Waals surface area contributed by atoms with E-state index in [-0.39, 0.29) is 62.7 Å². The van der Waals surface area contributed by atoms with Gasteiger partial charge in [-0.25, -0.2) is 18.7 Å². The molecule has 37 heavy (non-hydrogen) atoms. The van der Waals surface area contributed by atoms with Gasteiger partial charge >= 0.3 is 0 Å². The summed E-state index contributed by atoms with van der Waals surface area (Å²) in [5.41, 5.74) is 7.63. The second-order valence-electron chi connectivity index (χ2n) is 9.64. The van der Waals surface area contributed by atoms with Gasteiger partial charge in [0.1, 0.15) is 16.6 Å². The lowest BCUT2D eigenvalue weighted by molar-refractivity contribution is 0.135. The Morgan fingerprint density at radius 2 is 2.05 bits per heavy atom. The number of piperidine rings is 1. The largest absolute Gasteiger partial charge is 0.389 e. The van der Waals surface area contributed by atoms with Gasteiger partial charge < -0.3 is 20.3 Å². The van der Waals surface area contributed by atoms with E-state index in [1.807, 2.05) is 11.0 Å². The Hall–Kier alpha value is -3.46. The Balaban J connectivity index is 1.41. The molecule has 2 fully saturated rings. The Morgan fingerprint density at radius 1 is 1.19 bits per heavy atom. The van der Waals surface area contributed by atoms with Gasteiger partial charge in [-0.2, -0.15) is 5.26 Å². The third-order valence-electron chi connectivity index (χ3n) is 7.80. The highest BCUT2D eigenvalue weighted by molar-refractivity contribution is 7.23. The van der Waals surface area contributed by atoms with E-state index in [9.17, 15) is 9.65 Å². The van der Waals surface area contributed by atoms with E-state index >= 15 is 4.39 Å². The summed E-state index contributed by atoms with van der Waals surface area (Å²) in [5, 5.41) is 10.6. The fourth-order valence-corrected chi connectivity index (χ4v) is 7.03. The molecule has 0 spiro atoms. The molecule has 8 nitrogen and oxygen atoms in total. The van der Waals surface area contributed by atoms with Gasteiger partial charge in [0.2, 0.25) is 5.95 Å². The number of benzene rings is 1. The van der Waals surface area contributed by atoms with Crippen molar-refractivity contribution in [2.24, 2.45) is 0 Å². The number of nitriles is 1. The molecule has 0 amide bonds. The number of rotatable bonds is 2. The van der Waals surface area contributed by atoms with Crippen molar-refractivity contribution in [3.63, 3.8) is 0 Å². The molecule has 11 heteroatoms. The first-order valence-corrected chi connectivity index (χ1v) is 12.9. The zero-order chi connectivity index (χ0) is 27.9. The maximum Gasteiger partial charge on any atom is 0.226 e. The lowest BCUT2D eigenvalue weighted by Gasteiger charge is -2.37. The summed E-state index contributed by atoms with van der Waals surface area (Å²) in [6.45, 7) is -0.805. The third-order valence-corrected chi connectivity index (χ3v) is 8.83. The topological polar surface area (TPSA) is 104 Å². The van der Waals surface area contributed by atoms with Crippen molar-refractivity contribution in [1.29, 1.82) is 5.26 Å². The zero-order valence-corrected chi connectivity index (χ0v) is 20.4. The van der Waals surface area contributed by atoms with Gasteiger partial charge in [-0.05, 0) is 43.9 Å². The number of nitrogens with zero attached hydrogens (tertiary/aromatic N) is 6. The van der Waals surface area contributed by atoms with Crippen LogP contribution < -0.4 is 10.6 Å². The smallest absolute Gasteiger partial charge is 0.226 e. The van der Waals surface area contributed by atoms with Crippen LogP contribution in [-0.2, 0) is 18.0 Å². The number of thiophene rings is 1. The number of anilines is 2. The van der Waals surface area contributed by atoms with Gasteiger partial charge in [0.05, 0.1) is 35.4 Å². The highest BCUT2D eigenvalue weighted by Crippen LogP contribution is 2.45. The number of hydrogen-bond donors (Lipinski definition) is 1. The minimum atomic E-state index is -2.19. The molecule has 0 saturated carbocycles. The summed E-state index contributed by atoms with van der Waals surface area (Å²) in [4.78, 5) is 17.1. The SMILES string of the molecule is [2H]C([2H])([2H])N1CCCC2C1CCN2c1ncc2c3c(c(-c4ncc(F)c5sc(N)c(C#N)c45)c(F)c2n1)COC3. The molecule has 0 bridgehead atoms. The van der Waals surface area contributed by atoms with Crippen molar-refractivity contribution in [1.82, 2.24) is 19.9 Å². The first kappa shape index (κ1) is 19.6. The molecule has 4 aromatic rings. The highest BCUT2D eigenvalue weighted by atomic mass is 32.1. The molecule has 2 atom stereocenters. The molecule has 7 rings (SSSR count). The number of ether oxygens (including phenoxy) is 1. The fraction of sp³-hybridized carbons (Fsp3) is 0.385. The number of hydrogen-bond acceptors (Lipinski definition) is 9. The van der Waals surface area contributed by atoms with Gasteiger partial charge in [-0.3, -0.25) is 4.98 Å². The number of halogens is 2. The minimum Gasteiger partial charge on any atom is -0.389 e. The Labute approximate surface area is 219 Å². The molecule has 2 N–H and O–H groups in total. The van der Waals surface area contributed by atoms with Crippen molar-refractivity contribution < 1.29 is 17.6 Å². The quantitative estimate of drug-likeness (QED) is 0.415. The first-order chi connectivity index (χ1) is 19.2. The first-order valence-electron chi connectivity index (χ1n) is 13.6. The van der Waals surface area contributed by atoms with Crippen LogP contribution in [0, 0.1) is 23.0 Å². The van der Waals surface area contributed by atoms with Gasteiger partial charge in [0.15, 0.2) is 11.6 Å². The molecule has 6 heterocycles. The number of nitrogen functional groups attached to an aromatic ring is 1. The van der Waals surface area contributed by atoms with Crippen molar-refractivity contribution >= 4 is 43.3 Å². The summed E-state index contributed by atoms with van der Waals surface area (Å²) in [6, 6.07) is 1.75. The van der Waals surface area contributed by atoms with Crippen LogP contribution in [0.1, 0.15) is 40.1 Å². The van der Waals surface area contributed by atoms with Crippen LogP contribution in [0.3, 0.4) is 0 Å². The number of likely N-dealkylation sites (tertiary alicyclic amines) is 1. The van der Waals surface area contributed by atoms with E-state index in [4.69, 9.17) is 14.6 Å². The summed E-state index contributed by atoms with van der Waals surface area (Å²) in [6.07, 6.45) is 4.76. The molecule has 2 unspecified atom stereocenters. The molecular formula is C26H23F2N7OS. The minimum absolute atomic E-state index is 0.0526. The monoisotopic (exact) mass is 522 g/mol. The van der Waals surface area contributed by atoms with Crippen LogP contribution in [0.2, 0.25) is 0 Å². The maximum absolute atomic E-state index is 16.6. The maximum atomic E-state index is 16.6. The van der Waals surface area contributed by atoms with Crippen molar-refractivity contribution in [2.75, 3.05) is 30.7 Å². The molecule has 1 aromatic carbocycles. The average Bonchev–Trinajstić information content (AvgIpc) is 3.66. The predicted molar refractivity (Wildman–Crippen MR) is 137 cm³/mol. The molecule has 3 aliphatic rings. The molecule has 0 aliphatic carbocycles. The van der Waals surface area contributed by atoms with Crippen LogP contribution in [0.5, 0.6) is 0 Å². The Morgan fingerprint density at radius 3 is 2.89 bits per heavy atom. The van der Waals surface area contributed by atoms with E-state index < -0.39 is 18.6 Å². The highest BCUT2D eigenvalue weighted by Gasteiger charge is 2.40. The Bertz CT molecular complexity index is 1760. The predicted octanol–water partition coefficient (Wildman–Crippen LogP) is 4.34. The lowest BCUT2D eigenvalue weighted by atomic mass is 9.94. The van der Waals surface area contributed by atoms with Gasteiger partial charge in [0.25, 0.3) is 0 Å². The number of fused-ring (bicyclic) bond motifs is 5. The Kier molecular flexibility index (Phi) is 4.39. The van der Waals surface area contributed by atoms with E-state index in [0.717, 1.165) is 30.4 Å². The molecular weight excluding hydrogens is 496 g/mol. The molecule has 3 aromatic heterocycles. The standard InChI is InChI=1S/C26H23F2N7OS/c1-34-5-2-3-18-17(34)4-6-35(18)26-32-8-13-14-10-36-11-15(14)19(21(28)22(13)33-26)23-20-12(7-29)25(30)37-24(20)16(27)9-31-23/h8-9,17-18H,2-6,10-11,30H2,1H3/i1D3. The molecule has 0 radical (unpaired) electrons. The van der Waals surface area contributed by atoms with Gasteiger partial charge in [0, 0.05) is 45.3 Å². The van der Waals surface area contributed by atoms with Gasteiger partial charge in [-0.1, -0.05) is 0 Å². The summed E-state index contributed by atoms with van der Waals surface area (Å²) >= 11 is 0.923.